The first-order valence-electron chi connectivity index (χ1n) is 9.83. The first-order valence-corrected chi connectivity index (χ1v) is 12.4. The van der Waals surface area contributed by atoms with Gasteiger partial charge in [-0.25, -0.2) is 9.37 Å². The number of hydrogen-bond donors (Lipinski definition) is 0. The van der Waals surface area contributed by atoms with E-state index in [-0.39, 0.29) is 17.0 Å². The number of carbonyl (C=O) groups is 1. The zero-order chi connectivity index (χ0) is 21.5. The summed E-state index contributed by atoms with van der Waals surface area (Å²) in [5.41, 5.74) is 1.25. The smallest absolute Gasteiger partial charge is 0.255 e. The first kappa shape index (κ1) is 20.8. The van der Waals surface area contributed by atoms with Crippen LogP contribution < -0.4 is 4.90 Å². The lowest BCUT2D eigenvalue weighted by Crippen LogP contribution is -2.49. The average Bonchev–Trinajstić information content (AvgIpc) is 3.16. The summed E-state index contributed by atoms with van der Waals surface area (Å²) in [5, 5.41) is 0.677. The van der Waals surface area contributed by atoms with E-state index >= 15 is 0 Å². The second kappa shape index (κ2) is 8.00. The van der Waals surface area contributed by atoms with E-state index in [9.17, 15) is 13.4 Å². The molecule has 1 saturated heterocycles. The fourth-order valence-corrected chi connectivity index (χ4v) is 5.88. The van der Waals surface area contributed by atoms with Crippen LogP contribution in [-0.4, -0.2) is 57.3 Å². The molecule has 0 bridgehead atoms. The molecule has 1 amide bonds. The number of carbonyl (C=O) groups excluding carboxylic acids is 1. The number of benzene rings is 2. The van der Waals surface area contributed by atoms with Crippen molar-refractivity contribution < 1.29 is 13.4 Å². The quantitative estimate of drug-likeness (QED) is 0.572. The van der Waals surface area contributed by atoms with Gasteiger partial charge in [-0.3, -0.25) is 9.00 Å². The van der Waals surface area contributed by atoms with Crippen LogP contribution in [0.2, 0.25) is 0 Å². The summed E-state index contributed by atoms with van der Waals surface area (Å²) in [6, 6.07) is 11.7. The van der Waals surface area contributed by atoms with Gasteiger partial charge in [0.2, 0.25) is 0 Å². The summed E-state index contributed by atoms with van der Waals surface area (Å²) in [7, 11) is -2.56. The molecule has 158 valence electrons. The van der Waals surface area contributed by atoms with Crippen LogP contribution in [0.25, 0.3) is 10.2 Å². The summed E-state index contributed by atoms with van der Waals surface area (Å²) in [4.78, 5) is 22.3. The van der Waals surface area contributed by atoms with Gasteiger partial charge in [-0.1, -0.05) is 37.3 Å². The molecule has 1 aliphatic rings. The Morgan fingerprint density at radius 3 is 2.57 bits per heavy atom. The summed E-state index contributed by atoms with van der Waals surface area (Å²) < 4.78 is 27.4. The van der Waals surface area contributed by atoms with Gasteiger partial charge in [-0.05, 0) is 45.7 Å². The van der Waals surface area contributed by atoms with Crippen LogP contribution in [0.4, 0.5) is 9.52 Å². The number of anilines is 1. The number of fused-ring (bicyclic) bond motifs is 1. The van der Waals surface area contributed by atoms with E-state index in [1.807, 2.05) is 13.8 Å². The lowest BCUT2D eigenvalue weighted by atomic mass is 10.2. The van der Waals surface area contributed by atoms with Crippen molar-refractivity contribution >= 4 is 48.0 Å². The number of nitrogens with zero attached hydrogens (tertiary/aromatic N) is 3. The number of aromatic nitrogens is 1. The molecule has 1 atom stereocenters. The molecule has 0 spiro atoms. The monoisotopic (exact) mass is 445 g/mol. The lowest BCUT2D eigenvalue weighted by molar-refractivity contribution is 0.0743. The minimum absolute atomic E-state index is 0.117. The zero-order valence-corrected chi connectivity index (χ0v) is 18.6. The summed E-state index contributed by atoms with van der Waals surface area (Å²) in [6.07, 6.45) is 0. The maximum absolute atomic E-state index is 13.5. The highest BCUT2D eigenvalue weighted by atomic mass is 32.2. The highest BCUT2D eigenvalue weighted by Gasteiger charge is 2.27. The molecule has 2 heterocycles. The van der Waals surface area contributed by atoms with Crippen molar-refractivity contribution in [2.24, 2.45) is 0 Å². The van der Waals surface area contributed by atoms with Crippen molar-refractivity contribution in [3.63, 3.8) is 0 Å². The molecular weight excluding hydrogens is 421 g/mol. The van der Waals surface area contributed by atoms with E-state index in [0.717, 1.165) is 15.3 Å². The molecule has 4 rings (SSSR count). The van der Waals surface area contributed by atoms with Gasteiger partial charge in [0.05, 0.1) is 15.8 Å². The highest BCUT2D eigenvalue weighted by molar-refractivity contribution is 8.01. The number of thiazole rings is 1. The fourth-order valence-electron chi connectivity index (χ4n) is 3.49. The predicted molar refractivity (Wildman–Crippen MR) is 123 cm³/mol. The van der Waals surface area contributed by atoms with Gasteiger partial charge in [-0.2, -0.15) is 0 Å². The molecule has 1 aromatic heterocycles. The van der Waals surface area contributed by atoms with Gasteiger partial charge < -0.3 is 9.80 Å². The largest absolute Gasteiger partial charge is 0.345 e. The maximum atomic E-state index is 13.5. The molecule has 5 nitrogen and oxygen atoms in total. The number of piperazine rings is 1. The van der Waals surface area contributed by atoms with Crippen molar-refractivity contribution in [2.75, 3.05) is 31.1 Å². The number of amides is 1. The van der Waals surface area contributed by atoms with E-state index in [1.54, 1.807) is 35.2 Å². The molecular formula is C22H24FN3O2S2. The molecule has 8 heteroatoms. The maximum Gasteiger partial charge on any atom is 0.255 e. The Balaban J connectivity index is 1.51. The second-order valence-electron chi connectivity index (χ2n) is 7.66. The molecule has 30 heavy (non-hydrogen) atoms. The Hall–Kier alpha value is -2.45. The Bertz CT molecular complexity index is 1200. The van der Waals surface area contributed by atoms with Gasteiger partial charge in [0.25, 0.3) is 5.91 Å². The normalized spacial score (nSPS) is 16.8. The van der Waals surface area contributed by atoms with Gasteiger partial charge in [0.15, 0.2) is 5.13 Å². The first-order chi connectivity index (χ1) is 14.3. The Kier molecular flexibility index (Phi) is 5.55. The van der Waals surface area contributed by atoms with Gasteiger partial charge in [-0.15, -0.1) is 0 Å². The van der Waals surface area contributed by atoms with Crippen LogP contribution in [0.1, 0.15) is 24.2 Å². The third kappa shape index (κ3) is 3.81. The van der Waals surface area contributed by atoms with Crippen molar-refractivity contribution in [1.82, 2.24) is 9.88 Å². The highest BCUT2D eigenvalue weighted by Crippen LogP contribution is 2.30. The Labute approximate surface area is 180 Å². The van der Waals surface area contributed by atoms with E-state index in [4.69, 9.17) is 0 Å². The van der Waals surface area contributed by atoms with Crippen molar-refractivity contribution in [1.29, 1.82) is 0 Å². The summed E-state index contributed by atoms with van der Waals surface area (Å²) >= 11 is 1.46. The van der Waals surface area contributed by atoms with E-state index in [0.29, 0.717) is 36.6 Å². The zero-order valence-electron chi connectivity index (χ0n) is 17.0. The Morgan fingerprint density at radius 1 is 1.17 bits per heavy atom. The molecule has 3 aromatic rings. The minimum atomic E-state index is -2.56. The molecule has 0 aliphatic carbocycles. The van der Waals surface area contributed by atoms with Gasteiger partial charge in [0.1, 0.15) is 5.82 Å². The van der Waals surface area contributed by atoms with E-state index in [2.05, 4.69) is 15.8 Å². The topological polar surface area (TPSA) is 53.5 Å². The third-order valence-electron chi connectivity index (χ3n) is 5.43. The van der Waals surface area contributed by atoms with E-state index in [1.165, 1.54) is 23.5 Å². The minimum Gasteiger partial charge on any atom is -0.345 e. The third-order valence-corrected chi connectivity index (χ3v) is 9.13. The van der Waals surface area contributed by atoms with Crippen LogP contribution in [0, 0.1) is 5.82 Å². The molecule has 0 N–H and O–H groups in total. The van der Waals surface area contributed by atoms with Gasteiger partial charge >= 0.3 is 0 Å². The standard InChI is InChI=1S/C22H24FN3O2S2/c1-15(2)30(3,28)20-7-5-4-6-17(20)21(27)25-10-12-26(13-11-25)22-24-18-9-8-16(23)14-19(18)29-22/h4-9,14-15H,3,10-13H2,1-2H3. The van der Waals surface area contributed by atoms with Crippen LogP contribution in [-0.2, 0) is 9.52 Å². The fraction of sp³-hybridized carbons (Fsp3) is 0.318. The van der Waals surface area contributed by atoms with Crippen molar-refractivity contribution in [3.05, 3.63) is 53.8 Å². The number of hydrogen-bond acceptors (Lipinski definition) is 5. The molecule has 2 aromatic carbocycles. The SMILES string of the molecule is C=S(=O)(c1ccccc1C(=O)N1CCN(c2nc3ccc(F)cc3s2)CC1)C(C)C. The summed E-state index contributed by atoms with van der Waals surface area (Å²) in [5.74, 6) is 3.54. The molecule has 1 fully saturated rings. The molecule has 1 unspecified atom stereocenters. The average molecular weight is 446 g/mol. The summed E-state index contributed by atoms with van der Waals surface area (Å²) in [6.45, 7) is 6.08. The predicted octanol–water partition coefficient (Wildman–Crippen LogP) is 3.88. The van der Waals surface area contributed by atoms with Crippen LogP contribution >= 0.6 is 11.3 Å². The second-order valence-corrected chi connectivity index (χ2v) is 11.5. The number of halogens is 1. The van der Waals surface area contributed by atoms with Crippen molar-refractivity contribution in [3.8, 4) is 0 Å². The van der Waals surface area contributed by atoms with Crippen LogP contribution in [0.3, 0.4) is 0 Å². The van der Waals surface area contributed by atoms with Crippen molar-refractivity contribution in [2.45, 2.75) is 24.0 Å². The molecule has 0 saturated carbocycles. The number of rotatable bonds is 4. The Morgan fingerprint density at radius 2 is 1.87 bits per heavy atom. The lowest BCUT2D eigenvalue weighted by Gasteiger charge is -2.35. The molecule has 0 radical (unpaired) electrons. The van der Waals surface area contributed by atoms with Gasteiger partial charge in [0, 0.05) is 36.3 Å². The molecule has 1 aliphatic heterocycles. The van der Waals surface area contributed by atoms with E-state index < -0.39 is 9.52 Å². The van der Waals surface area contributed by atoms with Crippen LogP contribution in [0.5, 0.6) is 0 Å². The van der Waals surface area contributed by atoms with Crippen LogP contribution in [0.15, 0.2) is 47.4 Å².